The van der Waals surface area contributed by atoms with Gasteiger partial charge in [-0.3, -0.25) is 0 Å². The summed E-state index contributed by atoms with van der Waals surface area (Å²) < 4.78 is 0. The Morgan fingerprint density at radius 1 is 0.913 bits per heavy atom. The molecule has 2 aromatic carbocycles. The van der Waals surface area contributed by atoms with Gasteiger partial charge < -0.3 is 10.6 Å². The average molecular weight is 317 g/mol. The molecule has 0 spiro atoms. The molecule has 1 unspecified atom stereocenters. The second-order valence-corrected chi connectivity index (χ2v) is 4.72. The van der Waals surface area contributed by atoms with Gasteiger partial charge in [-0.1, -0.05) is 71.9 Å². The Balaban J connectivity index is 0.000000728. The van der Waals surface area contributed by atoms with Crippen molar-refractivity contribution in [3.63, 3.8) is 0 Å². The molecule has 23 heavy (non-hydrogen) atoms. The summed E-state index contributed by atoms with van der Waals surface area (Å²) in [6.07, 6.45) is 2.35. The highest BCUT2D eigenvalue weighted by Gasteiger charge is 2.15. The summed E-state index contributed by atoms with van der Waals surface area (Å²) in [5, 5.41) is 9.66. The van der Waals surface area contributed by atoms with Crippen LogP contribution in [-0.4, -0.2) is 19.6 Å². The molecule has 0 saturated heterocycles. The molecule has 130 valence electrons. The summed E-state index contributed by atoms with van der Waals surface area (Å²) in [4.78, 5) is 0. The van der Waals surface area contributed by atoms with Crippen LogP contribution in [0.1, 0.15) is 53.5 Å². The van der Waals surface area contributed by atoms with Gasteiger partial charge in [-0.05, 0) is 42.3 Å². The van der Waals surface area contributed by atoms with Gasteiger partial charge in [-0.25, -0.2) is 0 Å². The largest absolute Gasteiger partial charge is 0.383 e. The van der Waals surface area contributed by atoms with Crippen molar-refractivity contribution in [3.05, 3.63) is 42.0 Å². The van der Waals surface area contributed by atoms with Gasteiger partial charge in [0.1, 0.15) is 0 Å². The molecular formula is C21H36N2. The van der Waals surface area contributed by atoms with Gasteiger partial charge in [0.15, 0.2) is 0 Å². The quantitative estimate of drug-likeness (QED) is 0.688. The van der Waals surface area contributed by atoms with Crippen LogP contribution in [0.3, 0.4) is 0 Å². The first kappa shape index (κ1) is 21.5. The lowest BCUT2D eigenvalue weighted by Gasteiger charge is -2.12. The third kappa shape index (κ3) is 5.87. The zero-order valence-electron chi connectivity index (χ0n) is 16.2. The predicted molar refractivity (Wildman–Crippen MR) is 108 cm³/mol. The highest BCUT2D eigenvalue weighted by Crippen LogP contribution is 2.29. The number of likely N-dealkylation sites (N-methyl/N-ethyl adjacent to an activating group) is 1. The van der Waals surface area contributed by atoms with Crippen LogP contribution in [-0.2, 0) is 6.42 Å². The Morgan fingerprint density at radius 2 is 1.57 bits per heavy atom. The lowest BCUT2D eigenvalue weighted by atomic mass is 9.98. The van der Waals surface area contributed by atoms with E-state index >= 15 is 0 Å². The first-order valence-electron chi connectivity index (χ1n) is 9.30. The maximum Gasteiger partial charge on any atom is 0.0379 e. The molecule has 2 nitrogen and oxygen atoms in total. The van der Waals surface area contributed by atoms with E-state index in [0.717, 1.165) is 13.0 Å². The lowest BCUT2D eigenvalue weighted by Crippen LogP contribution is -2.31. The van der Waals surface area contributed by atoms with Gasteiger partial charge in [0.05, 0.1) is 0 Å². The van der Waals surface area contributed by atoms with Crippen molar-refractivity contribution in [2.75, 3.05) is 18.9 Å². The molecule has 2 N–H and O–H groups in total. The van der Waals surface area contributed by atoms with Gasteiger partial charge in [-0.15, -0.1) is 0 Å². The monoisotopic (exact) mass is 316 g/mol. The van der Waals surface area contributed by atoms with Crippen molar-refractivity contribution >= 4 is 16.5 Å². The maximum absolute atomic E-state index is 3.56. The molecule has 0 bridgehead atoms. The first-order chi connectivity index (χ1) is 11.4. The predicted octanol–water partition coefficient (Wildman–Crippen LogP) is 5.86. The van der Waals surface area contributed by atoms with Crippen LogP contribution >= 0.6 is 0 Å². The molecule has 0 radical (unpaired) electrons. The second-order valence-electron chi connectivity index (χ2n) is 4.72. The van der Waals surface area contributed by atoms with Gasteiger partial charge in [-0.2, -0.15) is 0 Å². The number of fused-ring (bicyclic) bond motifs is 3. The summed E-state index contributed by atoms with van der Waals surface area (Å²) in [6.45, 7) is 13.0. The van der Waals surface area contributed by atoms with Gasteiger partial charge >= 0.3 is 0 Å². The van der Waals surface area contributed by atoms with E-state index in [-0.39, 0.29) is 0 Å². The van der Waals surface area contributed by atoms with Crippen molar-refractivity contribution in [1.82, 2.24) is 5.32 Å². The van der Waals surface area contributed by atoms with Crippen molar-refractivity contribution < 1.29 is 0 Å². The average Bonchev–Trinajstić information content (AvgIpc) is 2.89. The van der Waals surface area contributed by atoms with E-state index in [1.165, 1.54) is 28.4 Å². The van der Waals surface area contributed by atoms with Crippen LogP contribution < -0.4 is 10.6 Å². The van der Waals surface area contributed by atoms with Gasteiger partial charge in [0.2, 0.25) is 0 Å². The maximum atomic E-state index is 3.56. The van der Waals surface area contributed by atoms with E-state index in [0.29, 0.717) is 6.04 Å². The Kier molecular flexibility index (Phi) is 12.1. The fourth-order valence-corrected chi connectivity index (χ4v) is 2.67. The fourth-order valence-electron chi connectivity index (χ4n) is 2.67. The van der Waals surface area contributed by atoms with Crippen molar-refractivity contribution in [3.8, 4) is 0 Å². The lowest BCUT2D eigenvalue weighted by molar-refractivity contribution is 0.553. The third-order valence-corrected chi connectivity index (χ3v) is 3.73. The molecule has 0 aromatic heterocycles. The Morgan fingerprint density at radius 3 is 2.22 bits per heavy atom. The van der Waals surface area contributed by atoms with E-state index in [9.17, 15) is 0 Å². The number of benzene rings is 2. The molecule has 2 aromatic rings. The fraction of sp³-hybridized carbons (Fsp3) is 0.524. The van der Waals surface area contributed by atoms with Gasteiger partial charge in [0.25, 0.3) is 0 Å². The smallest absolute Gasteiger partial charge is 0.0379 e. The SMILES string of the molecule is CC.CC.CC.CNC1CCc2c(ccc3ccccc23)NC1. The van der Waals surface area contributed by atoms with Crippen LogP contribution in [0.25, 0.3) is 10.8 Å². The Bertz CT molecular complexity index is 534. The minimum atomic E-state index is 0.571. The number of nitrogens with one attached hydrogen (secondary N) is 2. The number of rotatable bonds is 1. The third-order valence-electron chi connectivity index (χ3n) is 3.73. The molecule has 1 aliphatic rings. The minimum absolute atomic E-state index is 0.571. The molecule has 1 aliphatic heterocycles. The minimum Gasteiger partial charge on any atom is -0.383 e. The zero-order chi connectivity index (χ0) is 17.7. The van der Waals surface area contributed by atoms with Crippen LogP contribution in [0.15, 0.2) is 36.4 Å². The second kappa shape index (κ2) is 13.0. The molecule has 0 aliphatic carbocycles. The molecule has 1 heterocycles. The van der Waals surface area contributed by atoms with Crippen LogP contribution in [0.5, 0.6) is 0 Å². The highest BCUT2D eigenvalue weighted by molar-refractivity contribution is 5.90. The number of hydrogen-bond donors (Lipinski definition) is 2. The Hall–Kier alpha value is -1.54. The molecule has 0 amide bonds. The topological polar surface area (TPSA) is 24.1 Å². The summed E-state index contributed by atoms with van der Waals surface area (Å²) in [5.41, 5.74) is 2.78. The summed E-state index contributed by atoms with van der Waals surface area (Å²) in [6, 6.07) is 13.7. The first-order valence-corrected chi connectivity index (χ1v) is 9.30. The van der Waals surface area contributed by atoms with E-state index in [4.69, 9.17) is 0 Å². The van der Waals surface area contributed by atoms with Crippen molar-refractivity contribution in [2.24, 2.45) is 0 Å². The molecular weight excluding hydrogens is 280 g/mol. The number of aryl methyl sites for hydroxylation is 1. The molecule has 1 atom stereocenters. The van der Waals surface area contributed by atoms with E-state index in [1.807, 2.05) is 48.6 Å². The van der Waals surface area contributed by atoms with Crippen LogP contribution in [0, 0.1) is 0 Å². The van der Waals surface area contributed by atoms with E-state index < -0.39 is 0 Å². The number of anilines is 1. The molecule has 2 heteroatoms. The molecule has 0 saturated carbocycles. The van der Waals surface area contributed by atoms with E-state index in [1.54, 1.807) is 0 Å². The van der Waals surface area contributed by atoms with Crippen LogP contribution in [0.4, 0.5) is 5.69 Å². The Labute approximate surface area is 143 Å². The normalized spacial score (nSPS) is 15.2. The van der Waals surface area contributed by atoms with E-state index in [2.05, 4.69) is 47.0 Å². The number of hydrogen-bond acceptors (Lipinski definition) is 2. The van der Waals surface area contributed by atoms with Crippen molar-refractivity contribution in [1.29, 1.82) is 0 Å². The highest BCUT2D eigenvalue weighted by atomic mass is 15.0. The van der Waals surface area contributed by atoms with Crippen LogP contribution in [0.2, 0.25) is 0 Å². The summed E-state index contributed by atoms with van der Waals surface area (Å²) in [7, 11) is 2.04. The summed E-state index contributed by atoms with van der Waals surface area (Å²) >= 11 is 0. The van der Waals surface area contributed by atoms with Crippen molar-refractivity contribution in [2.45, 2.75) is 60.4 Å². The zero-order valence-corrected chi connectivity index (χ0v) is 16.2. The standard InChI is InChI=1S/C15H18N2.3C2H6/c1-16-12-7-8-14-13-5-3-2-4-11(13)6-9-15(14)17-10-12;3*1-2/h2-6,9,12,16-17H,7-8,10H2,1H3;3*1-2H3. The molecule has 0 fully saturated rings. The van der Waals surface area contributed by atoms with Gasteiger partial charge in [0, 0.05) is 18.3 Å². The summed E-state index contributed by atoms with van der Waals surface area (Å²) in [5.74, 6) is 0. The molecule has 3 rings (SSSR count).